The molecule has 0 spiro atoms. The van der Waals surface area contributed by atoms with Crippen molar-refractivity contribution < 1.29 is 9.90 Å². The Kier molecular flexibility index (Phi) is 2.14. The zero-order valence-electron chi connectivity index (χ0n) is 7.16. The van der Waals surface area contributed by atoms with Crippen LogP contribution in [0.5, 0.6) is 0 Å². The van der Waals surface area contributed by atoms with Gasteiger partial charge in [0.2, 0.25) is 0 Å². The number of hydrogen-bond acceptors (Lipinski definition) is 2. The third-order valence-electron chi connectivity index (χ3n) is 2.25. The van der Waals surface area contributed by atoms with E-state index in [1.54, 1.807) is 6.08 Å². The molecule has 0 aromatic rings. The van der Waals surface area contributed by atoms with Crippen molar-refractivity contribution in [3.8, 4) is 0 Å². The van der Waals surface area contributed by atoms with Crippen LogP contribution in [-0.4, -0.2) is 17.0 Å². The van der Waals surface area contributed by atoms with Crippen molar-refractivity contribution in [2.24, 2.45) is 11.8 Å². The smallest absolute Gasteiger partial charge is 0.184 e. The molecule has 2 nitrogen and oxygen atoms in total. The van der Waals surface area contributed by atoms with Crippen LogP contribution in [0.1, 0.15) is 20.8 Å². The summed E-state index contributed by atoms with van der Waals surface area (Å²) in [5, 5.41) is 9.40. The monoisotopic (exact) mass is 154 g/mol. The molecule has 2 heteroatoms. The highest BCUT2D eigenvalue weighted by atomic mass is 16.3. The van der Waals surface area contributed by atoms with Crippen molar-refractivity contribution in [3.05, 3.63) is 11.6 Å². The number of carbonyl (C=O) groups excluding carboxylic acids is 1. The second kappa shape index (κ2) is 2.78. The minimum absolute atomic E-state index is 0.0440. The van der Waals surface area contributed by atoms with Gasteiger partial charge in [-0.3, -0.25) is 4.79 Å². The van der Waals surface area contributed by atoms with Crippen molar-refractivity contribution in [1.29, 1.82) is 0 Å². The number of hydrogen-bond donors (Lipinski definition) is 1. The third-order valence-corrected chi connectivity index (χ3v) is 2.25. The Morgan fingerprint density at radius 3 is 2.27 bits per heavy atom. The van der Waals surface area contributed by atoms with E-state index in [1.165, 1.54) is 0 Å². The standard InChI is InChI=1S/C9H14O2/c1-5(2)8-6(3)4-7(10)9(8)11/h4-5,8-9,11H,1-3H3/t8-,9-/m1/s1. The summed E-state index contributed by atoms with van der Waals surface area (Å²) in [5.74, 6) is 0.247. The van der Waals surface area contributed by atoms with Crippen molar-refractivity contribution in [3.63, 3.8) is 0 Å². The van der Waals surface area contributed by atoms with E-state index in [1.807, 2.05) is 20.8 Å². The van der Waals surface area contributed by atoms with Crippen LogP contribution < -0.4 is 0 Å². The lowest BCUT2D eigenvalue weighted by molar-refractivity contribution is -0.123. The summed E-state index contributed by atoms with van der Waals surface area (Å²) >= 11 is 0. The van der Waals surface area contributed by atoms with Gasteiger partial charge in [-0.25, -0.2) is 0 Å². The van der Waals surface area contributed by atoms with Crippen LogP contribution in [0.2, 0.25) is 0 Å². The highest BCUT2D eigenvalue weighted by Crippen LogP contribution is 2.29. The van der Waals surface area contributed by atoms with Gasteiger partial charge in [0.15, 0.2) is 5.78 Å². The normalized spacial score (nSPS) is 31.4. The van der Waals surface area contributed by atoms with Gasteiger partial charge in [0, 0.05) is 5.92 Å². The molecular weight excluding hydrogens is 140 g/mol. The molecule has 0 saturated carbocycles. The predicted octanol–water partition coefficient (Wildman–Crippen LogP) is 1.15. The van der Waals surface area contributed by atoms with E-state index in [0.29, 0.717) is 5.92 Å². The molecule has 0 saturated heterocycles. The average molecular weight is 154 g/mol. The van der Waals surface area contributed by atoms with Gasteiger partial charge in [-0.1, -0.05) is 19.4 Å². The Bertz CT molecular complexity index is 204. The maximum absolute atomic E-state index is 11.0. The summed E-state index contributed by atoms with van der Waals surface area (Å²) in [7, 11) is 0. The van der Waals surface area contributed by atoms with Crippen LogP contribution >= 0.6 is 0 Å². The highest BCUT2D eigenvalue weighted by molar-refractivity contribution is 5.97. The van der Waals surface area contributed by atoms with E-state index >= 15 is 0 Å². The predicted molar refractivity (Wildman–Crippen MR) is 43.1 cm³/mol. The molecule has 0 aromatic heterocycles. The largest absolute Gasteiger partial charge is 0.384 e. The van der Waals surface area contributed by atoms with E-state index < -0.39 is 6.10 Å². The zero-order chi connectivity index (χ0) is 8.59. The van der Waals surface area contributed by atoms with Crippen molar-refractivity contribution in [2.45, 2.75) is 26.9 Å². The molecule has 62 valence electrons. The Balaban J connectivity index is 2.83. The molecule has 0 bridgehead atoms. The van der Waals surface area contributed by atoms with Gasteiger partial charge >= 0.3 is 0 Å². The fourth-order valence-corrected chi connectivity index (χ4v) is 1.72. The Morgan fingerprint density at radius 1 is 1.55 bits per heavy atom. The molecule has 0 unspecified atom stereocenters. The summed E-state index contributed by atoms with van der Waals surface area (Å²) in [5.41, 5.74) is 1.01. The van der Waals surface area contributed by atoms with Crippen molar-refractivity contribution in [1.82, 2.24) is 0 Å². The van der Waals surface area contributed by atoms with Gasteiger partial charge in [-0.2, -0.15) is 0 Å². The zero-order valence-corrected chi connectivity index (χ0v) is 7.16. The first-order chi connectivity index (χ1) is 5.04. The van der Waals surface area contributed by atoms with Crippen LogP contribution in [0, 0.1) is 11.8 Å². The molecule has 0 amide bonds. The van der Waals surface area contributed by atoms with Crippen LogP contribution in [-0.2, 0) is 4.79 Å². The summed E-state index contributed by atoms with van der Waals surface area (Å²) < 4.78 is 0. The first-order valence-corrected chi connectivity index (χ1v) is 3.94. The number of rotatable bonds is 1. The molecule has 0 radical (unpaired) electrons. The maximum atomic E-state index is 11.0. The number of carbonyl (C=O) groups is 1. The SMILES string of the molecule is CC1=CC(=O)[C@@H](O)[C@@H]1C(C)C. The van der Waals surface area contributed by atoms with E-state index in [-0.39, 0.29) is 11.7 Å². The number of aliphatic hydroxyl groups is 1. The average Bonchev–Trinajstić information content (AvgIpc) is 2.07. The molecule has 1 rings (SSSR count). The first-order valence-electron chi connectivity index (χ1n) is 3.94. The van der Waals surface area contributed by atoms with Crippen LogP contribution in [0.3, 0.4) is 0 Å². The second-order valence-corrected chi connectivity index (χ2v) is 3.51. The Morgan fingerprint density at radius 2 is 2.09 bits per heavy atom. The Labute approximate surface area is 66.9 Å². The Hall–Kier alpha value is -0.630. The molecule has 1 aliphatic carbocycles. The molecular formula is C9H14O2. The van der Waals surface area contributed by atoms with Crippen LogP contribution in [0.4, 0.5) is 0 Å². The minimum Gasteiger partial charge on any atom is -0.384 e. The fraction of sp³-hybridized carbons (Fsp3) is 0.667. The van der Waals surface area contributed by atoms with Gasteiger partial charge in [-0.05, 0) is 18.9 Å². The summed E-state index contributed by atoms with van der Waals surface area (Å²) in [6, 6.07) is 0. The van der Waals surface area contributed by atoms with E-state index in [0.717, 1.165) is 5.57 Å². The van der Waals surface area contributed by atoms with Gasteiger partial charge < -0.3 is 5.11 Å². The summed E-state index contributed by atoms with van der Waals surface area (Å²) in [4.78, 5) is 11.0. The van der Waals surface area contributed by atoms with Gasteiger partial charge in [0.05, 0.1) is 0 Å². The van der Waals surface area contributed by atoms with Crippen LogP contribution in [0.15, 0.2) is 11.6 Å². The van der Waals surface area contributed by atoms with Gasteiger partial charge in [0.25, 0.3) is 0 Å². The number of aliphatic hydroxyl groups excluding tert-OH is 1. The van der Waals surface area contributed by atoms with Crippen molar-refractivity contribution >= 4 is 5.78 Å². The van der Waals surface area contributed by atoms with Crippen LogP contribution in [0.25, 0.3) is 0 Å². The molecule has 1 N–H and O–H groups in total. The minimum atomic E-state index is -0.782. The number of ketones is 1. The van der Waals surface area contributed by atoms with E-state index in [4.69, 9.17) is 0 Å². The topological polar surface area (TPSA) is 37.3 Å². The maximum Gasteiger partial charge on any atom is 0.184 e. The summed E-state index contributed by atoms with van der Waals surface area (Å²) in [6.45, 7) is 5.94. The molecule has 0 aliphatic heterocycles. The second-order valence-electron chi connectivity index (χ2n) is 3.51. The lowest BCUT2D eigenvalue weighted by Crippen LogP contribution is -2.26. The lowest BCUT2D eigenvalue weighted by atomic mass is 9.88. The molecule has 11 heavy (non-hydrogen) atoms. The van der Waals surface area contributed by atoms with Gasteiger partial charge in [0.1, 0.15) is 6.10 Å². The molecule has 0 heterocycles. The fourth-order valence-electron chi connectivity index (χ4n) is 1.72. The third kappa shape index (κ3) is 1.36. The molecule has 0 aromatic carbocycles. The molecule has 0 fully saturated rings. The molecule has 2 atom stereocenters. The van der Waals surface area contributed by atoms with Crippen molar-refractivity contribution in [2.75, 3.05) is 0 Å². The lowest BCUT2D eigenvalue weighted by Gasteiger charge is -2.19. The first kappa shape index (κ1) is 8.47. The molecule has 1 aliphatic rings. The van der Waals surface area contributed by atoms with E-state index in [2.05, 4.69) is 0 Å². The highest BCUT2D eigenvalue weighted by Gasteiger charge is 2.34. The summed E-state index contributed by atoms with van der Waals surface area (Å²) in [6.07, 6.45) is 0.769. The van der Waals surface area contributed by atoms with Gasteiger partial charge in [-0.15, -0.1) is 0 Å². The van der Waals surface area contributed by atoms with E-state index in [9.17, 15) is 9.90 Å². The quantitative estimate of drug-likeness (QED) is 0.615.